The molecule has 6 nitrogen and oxygen atoms in total. The van der Waals surface area contributed by atoms with Gasteiger partial charge in [-0.25, -0.2) is 0 Å². The third-order valence-electron chi connectivity index (χ3n) is 4.72. The minimum atomic E-state index is -0.271. The Morgan fingerprint density at radius 3 is 2.71 bits per heavy atom. The first kappa shape index (κ1) is 16.8. The number of anilines is 1. The molecular weight excluding hydrogens is 308 g/mol. The number of rotatable bonds is 4. The number of carbonyl (C=O) groups is 2. The van der Waals surface area contributed by atoms with Crippen LogP contribution in [0.1, 0.15) is 25.7 Å². The molecule has 1 aromatic carbocycles. The van der Waals surface area contributed by atoms with Gasteiger partial charge in [0.2, 0.25) is 5.91 Å². The Bertz CT molecular complexity index is 590. The molecule has 130 valence electrons. The Morgan fingerprint density at radius 2 is 2.04 bits per heavy atom. The molecule has 2 saturated heterocycles. The first-order valence-electron chi connectivity index (χ1n) is 8.52. The number of methoxy groups -OCH3 is 1. The lowest BCUT2D eigenvalue weighted by atomic mass is 9.95. The zero-order chi connectivity index (χ0) is 16.9. The van der Waals surface area contributed by atoms with E-state index in [-0.39, 0.29) is 23.8 Å². The summed E-state index contributed by atoms with van der Waals surface area (Å²) >= 11 is 0. The molecule has 1 N–H and O–H groups in total. The van der Waals surface area contributed by atoms with Crippen molar-refractivity contribution in [3.8, 4) is 5.75 Å². The van der Waals surface area contributed by atoms with Crippen LogP contribution in [0.3, 0.4) is 0 Å². The maximum atomic E-state index is 12.4. The van der Waals surface area contributed by atoms with E-state index in [0.717, 1.165) is 18.5 Å². The van der Waals surface area contributed by atoms with Crippen LogP contribution >= 0.6 is 0 Å². The van der Waals surface area contributed by atoms with Crippen LogP contribution in [0.2, 0.25) is 0 Å². The van der Waals surface area contributed by atoms with Gasteiger partial charge in [-0.3, -0.25) is 9.59 Å². The minimum Gasteiger partial charge on any atom is -0.497 e. The normalized spacial score (nSPS) is 21.5. The molecule has 2 aliphatic rings. The van der Waals surface area contributed by atoms with Crippen LogP contribution in [-0.2, 0) is 14.3 Å². The van der Waals surface area contributed by atoms with E-state index in [1.165, 1.54) is 0 Å². The smallest absolute Gasteiger partial charge is 0.251 e. The molecule has 1 atom stereocenters. The predicted octanol–water partition coefficient (Wildman–Crippen LogP) is 2.05. The zero-order valence-corrected chi connectivity index (χ0v) is 14.0. The van der Waals surface area contributed by atoms with Gasteiger partial charge in [0.25, 0.3) is 5.91 Å². The van der Waals surface area contributed by atoms with Gasteiger partial charge in [-0.15, -0.1) is 0 Å². The molecular formula is C18H24N2O4. The van der Waals surface area contributed by atoms with E-state index in [9.17, 15) is 9.59 Å². The van der Waals surface area contributed by atoms with Gasteiger partial charge in [0, 0.05) is 37.4 Å². The largest absolute Gasteiger partial charge is 0.497 e. The number of amides is 2. The summed E-state index contributed by atoms with van der Waals surface area (Å²) in [6.07, 6.45) is 2.88. The van der Waals surface area contributed by atoms with E-state index in [2.05, 4.69) is 5.32 Å². The van der Waals surface area contributed by atoms with E-state index >= 15 is 0 Å². The molecule has 24 heavy (non-hydrogen) atoms. The quantitative estimate of drug-likeness (QED) is 0.916. The number of nitrogens with one attached hydrogen (secondary N) is 1. The molecule has 0 spiro atoms. The zero-order valence-electron chi connectivity index (χ0n) is 14.0. The van der Waals surface area contributed by atoms with Gasteiger partial charge in [-0.05, 0) is 37.8 Å². The predicted molar refractivity (Wildman–Crippen MR) is 89.9 cm³/mol. The number of hydrogen-bond acceptors (Lipinski definition) is 4. The second-order valence-corrected chi connectivity index (χ2v) is 6.32. The van der Waals surface area contributed by atoms with Crippen molar-refractivity contribution in [3.63, 3.8) is 0 Å². The second-order valence-electron chi connectivity index (χ2n) is 6.32. The van der Waals surface area contributed by atoms with E-state index in [1.807, 2.05) is 23.1 Å². The van der Waals surface area contributed by atoms with Crippen molar-refractivity contribution in [2.45, 2.75) is 31.8 Å². The Hall–Kier alpha value is -2.08. The molecule has 0 radical (unpaired) electrons. The standard InChI is InChI=1S/C18H24N2O4/c1-23-15-5-2-4-14(12-15)19-17(21)13-7-9-20(10-8-13)18(22)16-6-3-11-24-16/h2,4-5,12-13,16H,3,6-11H2,1H3,(H,19,21). The number of likely N-dealkylation sites (tertiary alicyclic amines) is 1. The molecule has 1 aromatic rings. The highest BCUT2D eigenvalue weighted by atomic mass is 16.5. The molecule has 2 amide bonds. The number of carbonyl (C=O) groups excluding carboxylic acids is 2. The van der Waals surface area contributed by atoms with E-state index in [0.29, 0.717) is 38.3 Å². The molecule has 1 unspecified atom stereocenters. The lowest BCUT2D eigenvalue weighted by Gasteiger charge is -2.32. The molecule has 0 saturated carbocycles. The van der Waals surface area contributed by atoms with Gasteiger partial charge < -0.3 is 19.7 Å². The highest BCUT2D eigenvalue weighted by Gasteiger charge is 2.32. The van der Waals surface area contributed by atoms with E-state index in [1.54, 1.807) is 13.2 Å². The van der Waals surface area contributed by atoms with Gasteiger partial charge in [0.05, 0.1) is 7.11 Å². The molecule has 2 fully saturated rings. The van der Waals surface area contributed by atoms with Crippen molar-refractivity contribution in [2.24, 2.45) is 5.92 Å². The number of piperidine rings is 1. The summed E-state index contributed by atoms with van der Waals surface area (Å²) in [7, 11) is 1.60. The monoisotopic (exact) mass is 332 g/mol. The Morgan fingerprint density at radius 1 is 1.25 bits per heavy atom. The van der Waals surface area contributed by atoms with Crippen LogP contribution in [-0.4, -0.2) is 49.6 Å². The fourth-order valence-corrected chi connectivity index (χ4v) is 3.28. The summed E-state index contributed by atoms with van der Waals surface area (Å²) in [6, 6.07) is 7.33. The summed E-state index contributed by atoms with van der Waals surface area (Å²) in [5.41, 5.74) is 0.734. The van der Waals surface area contributed by atoms with Gasteiger partial charge in [-0.2, -0.15) is 0 Å². The summed E-state index contributed by atoms with van der Waals surface area (Å²) in [6.45, 7) is 1.92. The SMILES string of the molecule is COc1cccc(NC(=O)C2CCN(C(=O)C3CCCO3)CC2)c1. The van der Waals surface area contributed by atoms with Crippen LogP contribution in [0.15, 0.2) is 24.3 Å². The maximum absolute atomic E-state index is 12.4. The molecule has 0 aliphatic carbocycles. The van der Waals surface area contributed by atoms with Gasteiger partial charge in [-0.1, -0.05) is 6.07 Å². The van der Waals surface area contributed by atoms with E-state index in [4.69, 9.17) is 9.47 Å². The Kier molecular flexibility index (Phi) is 5.35. The fourth-order valence-electron chi connectivity index (χ4n) is 3.28. The minimum absolute atomic E-state index is 0.00692. The third kappa shape index (κ3) is 3.87. The average Bonchev–Trinajstić information content (AvgIpc) is 3.16. The summed E-state index contributed by atoms with van der Waals surface area (Å²) in [5.74, 6) is 0.737. The van der Waals surface area contributed by atoms with Crippen LogP contribution in [0.5, 0.6) is 5.75 Å². The van der Waals surface area contributed by atoms with Crippen molar-refractivity contribution in [3.05, 3.63) is 24.3 Å². The number of benzene rings is 1. The molecule has 6 heteroatoms. The highest BCUT2D eigenvalue weighted by molar-refractivity contribution is 5.93. The van der Waals surface area contributed by atoms with Crippen molar-refractivity contribution in [1.29, 1.82) is 0 Å². The molecule has 2 aliphatic heterocycles. The second kappa shape index (κ2) is 7.66. The summed E-state index contributed by atoms with van der Waals surface area (Å²) < 4.78 is 10.6. The van der Waals surface area contributed by atoms with Crippen LogP contribution in [0.25, 0.3) is 0 Å². The van der Waals surface area contributed by atoms with Gasteiger partial charge in [0.1, 0.15) is 11.9 Å². The molecule has 0 bridgehead atoms. The lowest BCUT2D eigenvalue weighted by Crippen LogP contribution is -2.45. The third-order valence-corrected chi connectivity index (χ3v) is 4.72. The average molecular weight is 332 g/mol. The number of ether oxygens (including phenoxy) is 2. The highest BCUT2D eigenvalue weighted by Crippen LogP contribution is 2.23. The van der Waals surface area contributed by atoms with Gasteiger partial charge in [0.15, 0.2) is 0 Å². The summed E-state index contributed by atoms with van der Waals surface area (Å²) in [5, 5.41) is 2.94. The summed E-state index contributed by atoms with van der Waals surface area (Å²) in [4.78, 5) is 26.6. The molecule has 0 aromatic heterocycles. The van der Waals surface area contributed by atoms with Gasteiger partial charge >= 0.3 is 0 Å². The topological polar surface area (TPSA) is 67.9 Å². The molecule has 3 rings (SSSR count). The first-order valence-corrected chi connectivity index (χ1v) is 8.52. The van der Waals surface area contributed by atoms with Crippen LogP contribution in [0, 0.1) is 5.92 Å². The fraction of sp³-hybridized carbons (Fsp3) is 0.556. The van der Waals surface area contributed by atoms with E-state index < -0.39 is 0 Å². The maximum Gasteiger partial charge on any atom is 0.251 e. The van der Waals surface area contributed by atoms with Crippen molar-refractivity contribution < 1.29 is 19.1 Å². The van der Waals surface area contributed by atoms with Crippen molar-refractivity contribution >= 4 is 17.5 Å². The molecule has 2 heterocycles. The Labute approximate surface area is 142 Å². The lowest BCUT2D eigenvalue weighted by molar-refractivity contribution is -0.143. The van der Waals surface area contributed by atoms with Crippen molar-refractivity contribution in [1.82, 2.24) is 4.90 Å². The van der Waals surface area contributed by atoms with Crippen molar-refractivity contribution in [2.75, 3.05) is 32.1 Å². The Balaban J connectivity index is 1.50. The first-order chi connectivity index (χ1) is 11.7. The van der Waals surface area contributed by atoms with Crippen LogP contribution < -0.4 is 10.1 Å². The van der Waals surface area contributed by atoms with Crippen LogP contribution in [0.4, 0.5) is 5.69 Å². The number of hydrogen-bond donors (Lipinski definition) is 1. The number of nitrogens with zero attached hydrogens (tertiary/aromatic N) is 1.